The summed E-state index contributed by atoms with van der Waals surface area (Å²) in [4.78, 5) is 17.8. The lowest BCUT2D eigenvalue weighted by Gasteiger charge is -2.22. The maximum atomic E-state index is 12.8. The van der Waals surface area contributed by atoms with E-state index in [1.54, 1.807) is 0 Å². The van der Waals surface area contributed by atoms with Crippen molar-refractivity contribution >= 4 is 34.4 Å². The monoisotopic (exact) mass is 582 g/mol. The Morgan fingerprint density at radius 2 is 1.86 bits per heavy atom. The van der Waals surface area contributed by atoms with Crippen molar-refractivity contribution in [2.45, 2.75) is 71.3 Å². The van der Waals surface area contributed by atoms with E-state index in [2.05, 4.69) is 67.9 Å². The third-order valence-corrected chi connectivity index (χ3v) is 8.25. The highest BCUT2D eigenvalue weighted by Gasteiger charge is 2.19. The molecule has 3 aromatic carbocycles. The molecule has 2 amide bonds. The molecule has 216 valence electrons. The number of carbonyl (C=O) groups excluding carboxylic acids is 1. The van der Waals surface area contributed by atoms with Gasteiger partial charge in [-0.05, 0) is 102 Å². The molecule has 1 aliphatic carbocycles. The standard InChI is InChI=1S/C32H35ClN8O/c1-3-4-10-30-36-28-16-12-23(35-32(42)34-22-8-6-5-7-9-22)19-29(28)41(30)24-13-15-25(20(2)17-24)27-18-21(33)11-14-26(27)31-37-39-40-38-31/h11-19,22H,3-10H2,1-2H3,(H2,34,35,42)(H,37,38,39,40). The number of tetrazole rings is 1. The van der Waals surface area contributed by atoms with E-state index in [0.29, 0.717) is 10.8 Å². The molecule has 0 saturated heterocycles. The lowest BCUT2D eigenvalue weighted by molar-refractivity contribution is 0.244. The van der Waals surface area contributed by atoms with Gasteiger partial charge in [0, 0.05) is 34.4 Å². The number of imidazole rings is 1. The summed E-state index contributed by atoms with van der Waals surface area (Å²) in [5.74, 6) is 1.58. The van der Waals surface area contributed by atoms with E-state index in [0.717, 1.165) is 82.6 Å². The molecule has 0 bridgehead atoms. The van der Waals surface area contributed by atoms with Crippen LogP contribution in [0.1, 0.15) is 63.3 Å². The number of hydrogen-bond acceptors (Lipinski definition) is 5. The van der Waals surface area contributed by atoms with Crippen molar-refractivity contribution in [3.8, 4) is 28.2 Å². The Kier molecular flexibility index (Phi) is 8.19. The minimum atomic E-state index is -0.155. The number of fused-ring (bicyclic) bond motifs is 1. The van der Waals surface area contributed by atoms with Gasteiger partial charge in [0.15, 0.2) is 5.82 Å². The largest absolute Gasteiger partial charge is 0.335 e. The first kappa shape index (κ1) is 27.9. The molecular formula is C32H35ClN8O. The van der Waals surface area contributed by atoms with Crippen molar-refractivity contribution in [3.63, 3.8) is 0 Å². The van der Waals surface area contributed by atoms with E-state index in [1.807, 2.05) is 36.4 Å². The summed E-state index contributed by atoms with van der Waals surface area (Å²) in [7, 11) is 0. The Morgan fingerprint density at radius 1 is 1.02 bits per heavy atom. The number of carbonyl (C=O) groups is 1. The van der Waals surface area contributed by atoms with Gasteiger partial charge in [-0.15, -0.1) is 5.10 Å². The molecule has 1 saturated carbocycles. The van der Waals surface area contributed by atoms with Gasteiger partial charge >= 0.3 is 6.03 Å². The molecular weight excluding hydrogens is 548 g/mol. The maximum absolute atomic E-state index is 12.8. The lowest BCUT2D eigenvalue weighted by atomic mass is 9.95. The van der Waals surface area contributed by atoms with Crippen LogP contribution in [0.2, 0.25) is 5.02 Å². The minimum Gasteiger partial charge on any atom is -0.335 e. The number of aromatic nitrogens is 6. The van der Waals surface area contributed by atoms with Crippen LogP contribution in [-0.4, -0.2) is 42.2 Å². The predicted molar refractivity (Wildman–Crippen MR) is 167 cm³/mol. The van der Waals surface area contributed by atoms with Crippen molar-refractivity contribution in [1.82, 2.24) is 35.5 Å². The van der Waals surface area contributed by atoms with Crippen LogP contribution in [0.4, 0.5) is 10.5 Å². The summed E-state index contributed by atoms with van der Waals surface area (Å²) in [6, 6.07) is 18.1. The Balaban J connectivity index is 1.36. The summed E-state index contributed by atoms with van der Waals surface area (Å²) in [5, 5.41) is 21.3. The van der Waals surface area contributed by atoms with Gasteiger partial charge in [-0.25, -0.2) is 14.9 Å². The number of amides is 2. The molecule has 5 aromatic rings. The number of aryl methyl sites for hydroxylation is 2. The molecule has 1 aliphatic rings. The van der Waals surface area contributed by atoms with E-state index in [4.69, 9.17) is 16.6 Å². The Labute approximate surface area is 250 Å². The normalized spacial score (nSPS) is 13.9. The van der Waals surface area contributed by atoms with E-state index < -0.39 is 0 Å². The molecule has 1 fully saturated rings. The lowest BCUT2D eigenvalue weighted by Crippen LogP contribution is -2.39. The van der Waals surface area contributed by atoms with Gasteiger partial charge in [0.2, 0.25) is 0 Å². The molecule has 2 aromatic heterocycles. The number of anilines is 1. The fourth-order valence-corrected chi connectivity index (χ4v) is 6.07. The zero-order chi connectivity index (χ0) is 29.1. The molecule has 2 heterocycles. The summed E-state index contributed by atoms with van der Waals surface area (Å²) >= 11 is 6.42. The van der Waals surface area contributed by atoms with E-state index in [-0.39, 0.29) is 12.1 Å². The predicted octanol–water partition coefficient (Wildman–Crippen LogP) is 7.63. The Morgan fingerprint density at radius 3 is 2.62 bits per heavy atom. The van der Waals surface area contributed by atoms with E-state index in [9.17, 15) is 4.79 Å². The fraction of sp³-hybridized carbons (Fsp3) is 0.344. The second-order valence-electron chi connectivity index (χ2n) is 11.0. The molecule has 0 unspecified atom stereocenters. The molecule has 42 heavy (non-hydrogen) atoms. The van der Waals surface area contributed by atoms with Gasteiger partial charge in [-0.2, -0.15) is 0 Å². The number of urea groups is 1. The molecule has 3 N–H and O–H groups in total. The smallest absolute Gasteiger partial charge is 0.319 e. The molecule has 0 aliphatic heterocycles. The zero-order valence-electron chi connectivity index (χ0n) is 24.0. The van der Waals surface area contributed by atoms with Crippen molar-refractivity contribution < 1.29 is 4.79 Å². The maximum Gasteiger partial charge on any atom is 0.319 e. The van der Waals surface area contributed by atoms with Crippen LogP contribution in [-0.2, 0) is 6.42 Å². The number of nitrogens with zero attached hydrogens (tertiary/aromatic N) is 5. The Bertz CT molecular complexity index is 1710. The van der Waals surface area contributed by atoms with Crippen LogP contribution < -0.4 is 10.6 Å². The average molecular weight is 583 g/mol. The first-order chi connectivity index (χ1) is 20.5. The van der Waals surface area contributed by atoms with E-state index >= 15 is 0 Å². The average Bonchev–Trinajstić information content (AvgIpc) is 3.64. The summed E-state index contributed by atoms with van der Waals surface area (Å²) < 4.78 is 2.21. The van der Waals surface area contributed by atoms with Gasteiger partial charge in [-0.1, -0.05) is 50.3 Å². The second kappa shape index (κ2) is 12.3. The first-order valence-electron chi connectivity index (χ1n) is 14.7. The summed E-state index contributed by atoms with van der Waals surface area (Å²) in [6.45, 7) is 4.28. The fourth-order valence-electron chi connectivity index (χ4n) is 5.90. The highest BCUT2D eigenvalue weighted by molar-refractivity contribution is 6.31. The third-order valence-electron chi connectivity index (χ3n) is 8.02. The van der Waals surface area contributed by atoms with Crippen molar-refractivity contribution in [2.24, 2.45) is 0 Å². The van der Waals surface area contributed by atoms with Crippen LogP contribution in [0.3, 0.4) is 0 Å². The number of benzene rings is 3. The number of hydrogen-bond donors (Lipinski definition) is 3. The summed E-state index contributed by atoms with van der Waals surface area (Å²) in [5.41, 5.74) is 7.55. The van der Waals surface area contributed by atoms with Gasteiger partial charge < -0.3 is 10.6 Å². The van der Waals surface area contributed by atoms with Crippen molar-refractivity contribution in [3.05, 3.63) is 71.0 Å². The van der Waals surface area contributed by atoms with Gasteiger partial charge in [0.25, 0.3) is 0 Å². The van der Waals surface area contributed by atoms with Crippen LogP contribution in [0.5, 0.6) is 0 Å². The number of aromatic amines is 1. The first-order valence-corrected chi connectivity index (χ1v) is 15.1. The molecule has 6 rings (SSSR count). The highest BCUT2D eigenvalue weighted by Crippen LogP contribution is 2.36. The van der Waals surface area contributed by atoms with Gasteiger partial charge in [0.1, 0.15) is 5.82 Å². The molecule has 10 heteroatoms. The van der Waals surface area contributed by atoms with E-state index in [1.165, 1.54) is 19.3 Å². The van der Waals surface area contributed by atoms with Gasteiger partial charge in [0.05, 0.1) is 11.0 Å². The second-order valence-corrected chi connectivity index (χ2v) is 11.5. The molecule has 0 spiro atoms. The van der Waals surface area contributed by atoms with Crippen molar-refractivity contribution in [2.75, 3.05) is 5.32 Å². The molecule has 9 nitrogen and oxygen atoms in total. The number of halogens is 1. The minimum absolute atomic E-state index is 0.155. The molecule has 0 radical (unpaired) electrons. The van der Waals surface area contributed by atoms with Crippen LogP contribution in [0.15, 0.2) is 54.6 Å². The number of nitrogens with one attached hydrogen (secondary N) is 3. The third kappa shape index (κ3) is 5.87. The highest BCUT2D eigenvalue weighted by atomic mass is 35.5. The van der Waals surface area contributed by atoms with Crippen LogP contribution in [0, 0.1) is 6.92 Å². The SMILES string of the molecule is CCCCc1nc2ccc(NC(=O)NC3CCCCC3)cc2n1-c1ccc(-c2cc(Cl)ccc2-c2nnn[nH]2)c(C)c1. The quantitative estimate of drug-likeness (QED) is 0.174. The topological polar surface area (TPSA) is 113 Å². The molecule has 0 atom stereocenters. The van der Waals surface area contributed by atoms with Crippen molar-refractivity contribution in [1.29, 1.82) is 0 Å². The zero-order valence-corrected chi connectivity index (χ0v) is 24.7. The number of H-pyrrole nitrogens is 1. The number of unbranched alkanes of at least 4 members (excludes halogenated alkanes) is 1. The van der Waals surface area contributed by atoms with Crippen LogP contribution in [0.25, 0.3) is 39.2 Å². The van der Waals surface area contributed by atoms with Gasteiger partial charge in [-0.3, -0.25) is 4.57 Å². The number of rotatable bonds is 8. The van der Waals surface area contributed by atoms with Crippen LogP contribution >= 0.6 is 11.6 Å². The summed E-state index contributed by atoms with van der Waals surface area (Å²) in [6.07, 6.45) is 8.64. The Hall–Kier alpha value is -4.24.